The molecule has 1 atom stereocenters. The normalized spacial score (nSPS) is 18.7. The van der Waals surface area contributed by atoms with Crippen molar-refractivity contribution in [2.45, 2.75) is 110 Å². The molecule has 1 unspecified atom stereocenters. The van der Waals surface area contributed by atoms with Crippen LogP contribution < -0.4 is 0 Å². The Hall–Kier alpha value is 0.274. The summed E-state index contributed by atoms with van der Waals surface area (Å²) in [7, 11) is -3.52. The molecule has 1 saturated carbocycles. The van der Waals surface area contributed by atoms with Gasteiger partial charge in [-0.1, -0.05) is 32.4 Å². The average molecular weight is 404 g/mol. The SMILES string of the molecule is CCO[Si](CCN(C1CCCCC1)C(C)(C)C)(OCC)OC(C)[SiH](C)C. The molecule has 4 nitrogen and oxygen atoms in total. The molecule has 1 aliphatic carbocycles. The summed E-state index contributed by atoms with van der Waals surface area (Å²) in [6.45, 7) is 20.4. The molecular weight excluding hydrogens is 358 g/mol. The van der Waals surface area contributed by atoms with Crippen LogP contribution in [0.1, 0.15) is 73.6 Å². The highest BCUT2D eigenvalue weighted by molar-refractivity contribution is 6.63. The standard InChI is InChI=1S/C20H45NO3Si2/c1-9-22-26(23-10-2,24-18(3)25(7)8)17-16-21(20(4,5)6)19-14-12-11-13-15-19/h18-19,25H,9-17H2,1-8H3. The number of nitrogens with zero attached hydrogens (tertiary/aromatic N) is 1. The van der Waals surface area contributed by atoms with E-state index in [9.17, 15) is 0 Å². The Morgan fingerprint density at radius 1 is 1.04 bits per heavy atom. The molecule has 0 aromatic rings. The van der Waals surface area contributed by atoms with E-state index in [-0.39, 0.29) is 11.3 Å². The molecule has 1 rings (SSSR count). The Balaban J connectivity index is 2.91. The Morgan fingerprint density at radius 2 is 1.58 bits per heavy atom. The summed E-state index contributed by atoms with van der Waals surface area (Å²) in [6, 6.07) is 1.59. The van der Waals surface area contributed by atoms with Gasteiger partial charge in [0.15, 0.2) is 0 Å². The first-order valence-electron chi connectivity index (χ1n) is 10.9. The van der Waals surface area contributed by atoms with E-state index in [1.807, 2.05) is 0 Å². The van der Waals surface area contributed by atoms with Crippen LogP contribution in [0.15, 0.2) is 0 Å². The maximum atomic E-state index is 6.56. The van der Waals surface area contributed by atoms with Crippen molar-refractivity contribution in [3.63, 3.8) is 0 Å². The van der Waals surface area contributed by atoms with Crippen molar-refractivity contribution in [1.82, 2.24) is 4.90 Å². The molecule has 0 amide bonds. The topological polar surface area (TPSA) is 30.9 Å². The van der Waals surface area contributed by atoms with Gasteiger partial charge in [0.25, 0.3) is 0 Å². The molecule has 1 fully saturated rings. The van der Waals surface area contributed by atoms with Crippen LogP contribution in [0.3, 0.4) is 0 Å². The highest BCUT2D eigenvalue weighted by Crippen LogP contribution is 2.30. The predicted molar refractivity (Wildman–Crippen MR) is 117 cm³/mol. The third-order valence-electron chi connectivity index (χ3n) is 5.57. The number of rotatable bonds is 11. The highest BCUT2D eigenvalue weighted by Gasteiger charge is 2.44. The van der Waals surface area contributed by atoms with Crippen LogP contribution in [-0.2, 0) is 13.3 Å². The fourth-order valence-electron chi connectivity index (χ4n) is 3.89. The minimum Gasteiger partial charge on any atom is -0.374 e. The first-order chi connectivity index (χ1) is 12.1. The first kappa shape index (κ1) is 24.3. The summed E-state index contributed by atoms with van der Waals surface area (Å²) < 4.78 is 19.0. The summed E-state index contributed by atoms with van der Waals surface area (Å²) in [4.78, 5) is 2.70. The van der Waals surface area contributed by atoms with Gasteiger partial charge in [-0.05, 0) is 54.4 Å². The van der Waals surface area contributed by atoms with E-state index in [4.69, 9.17) is 13.3 Å². The lowest BCUT2D eigenvalue weighted by molar-refractivity contribution is 0.0365. The maximum absolute atomic E-state index is 6.56. The maximum Gasteiger partial charge on any atom is 0.502 e. The minimum absolute atomic E-state index is 0.166. The van der Waals surface area contributed by atoms with Crippen molar-refractivity contribution >= 4 is 17.6 Å². The minimum atomic E-state index is -2.63. The second-order valence-electron chi connectivity index (χ2n) is 9.02. The first-order valence-corrected chi connectivity index (χ1v) is 15.8. The Morgan fingerprint density at radius 3 is 2.00 bits per heavy atom. The van der Waals surface area contributed by atoms with Crippen molar-refractivity contribution in [2.75, 3.05) is 19.8 Å². The molecule has 0 N–H and O–H groups in total. The van der Waals surface area contributed by atoms with Crippen LogP contribution in [-0.4, -0.2) is 59.6 Å². The Kier molecular flexibility index (Phi) is 10.6. The molecule has 0 bridgehead atoms. The summed E-state index contributed by atoms with van der Waals surface area (Å²) in [5.41, 5.74) is 0.455. The molecule has 0 aromatic carbocycles. The highest BCUT2D eigenvalue weighted by atomic mass is 28.4. The smallest absolute Gasteiger partial charge is 0.374 e. The van der Waals surface area contributed by atoms with Gasteiger partial charge in [0.1, 0.15) is 0 Å². The summed E-state index contributed by atoms with van der Waals surface area (Å²) in [5.74, 6) is 0. The van der Waals surface area contributed by atoms with Crippen molar-refractivity contribution in [3.05, 3.63) is 0 Å². The second-order valence-corrected chi connectivity index (χ2v) is 15.1. The van der Waals surface area contributed by atoms with Crippen LogP contribution in [0.25, 0.3) is 0 Å². The summed E-state index contributed by atoms with van der Waals surface area (Å²) in [6.07, 6.45) is 6.77. The van der Waals surface area contributed by atoms with Gasteiger partial charge >= 0.3 is 8.80 Å². The largest absolute Gasteiger partial charge is 0.502 e. The van der Waals surface area contributed by atoms with Gasteiger partial charge < -0.3 is 13.3 Å². The molecule has 26 heavy (non-hydrogen) atoms. The van der Waals surface area contributed by atoms with E-state index in [1.165, 1.54) is 32.1 Å². The van der Waals surface area contributed by atoms with Gasteiger partial charge in [0.2, 0.25) is 0 Å². The van der Waals surface area contributed by atoms with Crippen molar-refractivity contribution in [1.29, 1.82) is 0 Å². The molecule has 0 heterocycles. The third-order valence-corrected chi connectivity index (χ3v) is 10.9. The Labute approximate surface area is 165 Å². The van der Waals surface area contributed by atoms with E-state index < -0.39 is 17.6 Å². The number of hydrogen-bond donors (Lipinski definition) is 0. The molecule has 156 valence electrons. The van der Waals surface area contributed by atoms with Crippen molar-refractivity contribution in [3.8, 4) is 0 Å². The van der Waals surface area contributed by atoms with E-state index in [2.05, 4.69) is 59.5 Å². The monoisotopic (exact) mass is 403 g/mol. The molecule has 0 radical (unpaired) electrons. The predicted octanol–water partition coefficient (Wildman–Crippen LogP) is 4.86. The lowest BCUT2D eigenvalue weighted by atomic mass is 9.91. The molecule has 0 saturated heterocycles. The van der Waals surface area contributed by atoms with Gasteiger partial charge in [-0.15, -0.1) is 0 Å². The quantitative estimate of drug-likeness (QED) is 0.461. The van der Waals surface area contributed by atoms with E-state index in [1.54, 1.807) is 0 Å². The average Bonchev–Trinajstić information content (AvgIpc) is 2.55. The van der Waals surface area contributed by atoms with Crippen LogP contribution in [0.4, 0.5) is 0 Å². The lowest BCUT2D eigenvalue weighted by Gasteiger charge is -2.44. The van der Waals surface area contributed by atoms with Gasteiger partial charge in [0.05, 0.1) is 8.80 Å². The fourth-order valence-corrected chi connectivity index (χ4v) is 8.19. The van der Waals surface area contributed by atoms with E-state index in [0.717, 1.165) is 12.6 Å². The van der Waals surface area contributed by atoms with Gasteiger partial charge in [0, 0.05) is 43.1 Å². The molecule has 1 aliphatic rings. The van der Waals surface area contributed by atoms with Gasteiger partial charge in [-0.2, -0.15) is 0 Å². The zero-order chi connectivity index (χ0) is 19.8. The summed E-state index contributed by atoms with van der Waals surface area (Å²) >= 11 is 0. The van der Waals surface area contributed by atoms with Crippen molar-refractivity contribution < 1.29 is 13.3 Å². The van der Waals surface area contributed by atoms with Gasteiger partial charge in [-0.25, -0.2) is 0 Å². The second kappa shape index (κ2) is 11.3. The third kappa shape index (κ3) is 7.72. The lowest BCUT2D eigenvalue weighted by Crippen LogP contribution is -2.55. The zero-order valence-corrected chi connectivity index (χ0v) is 20.9. The molecular formula is C20H45NO3Si2. The molecule has 0 spiro atoms. The fraction of sp³-hybridized carbons (Fsp3) is 1.00. The molecule has 0 aliphatic heterocycles. The summed E-state index contributed by atoms with van der Waals surface area (Å²) in [5, 5.41) is 0. The molecule has 0 aromatic heterocycles. The van der Waals surface area contributed by atoms with E-state index in [0.29, 0.717) is 19.3 Å². The van der Waals surface area contributed by atoms with Gasteiger partial charge in [-0.3, -0.25) is 4.90 Å². The van der Waals surface area contributed by atoms with Crippen LogP contribution in [0, 0.1) is 0 Å². The van der Waals surface area contributed by atoms with E-state index >= 15 is 0 Å². The zero-order valence-electron chi connectivity index (χ0n) is 18.8. The van der Waals surface area contributed by atoms with Crippen molar-refractivity contribution in [2.24, 2.45) is 0 Å². The number of hydrogen-bond acceptors (Lipinski definition) is 4. The molecule has 6 heteroatoms. The Bertz CT molecular complexity index is 376. The van der Waals surface area contributed by atoms with Crippen LogP contribution >= 0.6 is 0 Å². The van der Waals surface area contributed by atoms with Crippen LogP contribution in [0.5, 0.6) is 0 Å². The van der Waals surface area contributed by atoms with Crippen LogP contribution in [0.2, 0.25) is 19.1 Å².